The lowest BCUT2D eigenvalue weighted by Crippen LogP contribution is -2.05. The molecule has 4 heteroatoms. The summed E-state index contributed by atoms with van der Waals surface area (Å²) in [6.45, 7) is 0.277. The molecular formula is C18H28BrNO2. The zero-order valence-electron chi connectivity index (χ0n) is 13.4. The molecule has 0 aromatic heterocycles. The lowest BCUT2D eigenvalue weighted by molar-refractivity contribution is -0.145. The van der Waals surface area contributed by atoms with Crippen molar-refractivity contribution in [3.05, 3.63) is 29.8 Å². The molecule has 0 aliphatic carbocycles. The van der Waals surface area contributed by atoms with Crippen molar-refractivity contribution in [2.45, 2.75) is 64.4 Å². The van der Waals surface area contributed by atoms with Gasteiger partial charge in [0.15, 0.2) is 0 Å². The normalized spacial score (nSPS) is 10.6. The summed E-state index contributed by atoms with van der Waals surface area (Å²) in [5, 5.41) is 1.11. The zero-order valence-corrected chi connectivity index (χ0v) is 14.9. The van der Waals surface area contributed by atoms with Crippen molar-refractivity contribution in [2.75, 3.05) is 11.1 Å². The number of carbonyl (C=O) groups excluding carboxylic acids is 1. The van der Waals surface area contributed by atoms with E-state index in [1.165, 1.54) is 38.5 Å². The summed E-state index contributed by atoms with van der Waals surface area (Å²) in [6.07, 6.45) is 10.3. The standard InChI is InChI=1S/C18H28BrNO2/c19-14-10-6-4-2-1-3-5-7-13-18(21)22-15-16-11-8-9-12-17(16)20/h8-9,11-12H,1-7,10,13-15,20H2. The SMILES string of the molecule is Nc1ccccc1COC(=O)CCCCCCCCCCBr. The molecule has 0 fully saturated rings. The van der Waals surface area contributed by atoms with E-state index in [9.17, 15) is 4.79 Å². The highest BCUT2D eigenvalue weighted by molar-refractivity contribution is 9.09. The summed E-state index contributed by atoms with van der Waals surface area (Å²) in [7, 11) is 0. The van der Waals surface area contributed by atoms with Crippen LogP contribution in [-0.2, 0) is 16.1 Å². The number of ether oxygens (including phenoxy) is 1. The molecule has 0 aliphatic heterocycles. The molecule has 0 spiro atoms. The van der Waals surface area contributed by atoms with Gasteiger partial charge in [0.1, 0.15) is 6.61 Å². The Labute approximate surface area is 142 Å². The first-order valence-electron chi connectivity index (χ1n) is 8.29. The first kappa shape index (κ1) is 19.0. The molecule has 22 heavy (non-hydrogen) atoms. The molecule has 1 aromatic carbocycles. The van der Waals surface area contributed by atoms with Gasteiger partial charge in [-0.15, -0.1) is 0 Å². The summed E-state index contributed by atoms with van der Waals surface area (Å²) in [5.74, 6) is -0.124. The fourth-order valence-electron chi connectivity index (χ4n) is 2.32. The van der Waals surface area contributed by atoms with E-state index in [0.717, 1.165) is 23.7 Å². The van der Waals surface area contributed by atoms with Gasteiger partial charge in [0.2, 0.25) is 0 Å². The highest BCUT2D eigenvalue weighted by Crippen LogP contribution is 2.13. The molecule has 0 bridgehead atoms. The molecule has 3 nitrogen and oxygen atoms in total. The van der Waals surface area contributed by atoms with Gasteiger partial charge in [-0.25, -0.2) is 0 Å². The molecule has 0 radical (unpaired) electrons. The van der Waals surface area contributed by atoms with E-state index in [-0.39, 0.29) is 12.6 Å². The summed E-state index contributed by atoms with van der Waals surface area (Å²) < 4.78 is 5.26. The third kappa shape index (κ3) is 9.08. The van der Waals surface area contributed by atoms with Gasteiger partial charge in [0, 0.05) is 23.0 Å². The highest BCUT2D eigenvalue weighted by atomic mass is 79.9. The number of benzene rings is 1. The molecule has 0 amide bonds. The second-order valence-corrected chi connectivity index (χ2v) is 6.42. The van der Waals surface area contributed by atoms with Crippen molar-refractivity contribution in [2.24, 2.45) is 0 Å². The quantitative estimate of drug-likeness (QED) is 0.238. The number of halogens is 1. The maximum atomic E-state index is 11.7. The second-order valence-electron chi connectivity index (χ2n) is 5.63. The molecule has 0 aliphatic rings. The number of para-hydroxylation sites is 1. The number of hydrogen-bond donors (Lipinski definition) is 1. The number of alkyl halides is 1. The van der Waals surface area contributed by atoms with Crippen molar-refractivity contribution in [1.82, 2.24) is 0 Å². The predicted octanol–water partition coefficient (Wildman–Crippen LogP) is 5.22. The van der Waals surface area contributed by atoms with Gasteiger partial charge in [-0.3, -0.25) is 4.79 Å². The number of rotatable bonds is 12. The van der Waals surface area contributed by atoms with Crippen molar-refractivity contribution in [3.63, 3.8) is 0 Å². The van der Waals surface area contributed by atoms with Gasteiger partial charge in [-0.1, -0.05) is 72.7 Å². The molecule has 0 atom stereocenters. The van der Waals surface area contributed by atoms with Gasteiger partial charge >= 0.3 is 5.97 Å². The maximum absolute atomic E-state index is 11.7. The van der Waals surface area contributed by atoms with Crippen molar-refractivity contribution < 1.29 is 9.53 Å². The van der Waals surface area contributed by atoms with E-state index in [1.54, 1.807) is 0 Å². The highest BCUT2D eigenvalue weighted by Gasteiger charge is 2.05. The topological polar surface area (TPSA) is 52.3 Å². The number of nitrogen functional groups attached to an aromatic ring is 1. The first-order chi connectivity index (χ1) is 10.7. The number of anilines is 1. The fraction of sp³-hybridized carbons (Fsp3) is 0.611. The molecule has 0 unspecified atom stereocenters. The van der Waals surface area contributed by atoms with E-state index in [4.69, 9.17) is 10.5 Å². The number of hydrogen-bond acceptors (Lipinski definition) is 3. The van der Waals surface area contributed by atoms with Crippen LogP contribution in [0.25, 0.3) is 0 Å². The zero-order chi connectivity index (χ0) is 16.0. The number of unbranched alkanes of at least 4 members (excludes halogenated alkanes) is 7. The van der Waals surface area contributed by atoms with E-state index in [2.05, 4.69) is 15.9 Å². The smallest absolute Gasteiger partial charge is 0.306 e. The summed E-state index contributed by atoms with van der Waals surface area (Å²) in [4.78, 5) is 11.7. The van der Waals surface area contributed by atoms with E-state index < -0.39 is 0 Å². The molecular weight excluding hydrogens is 342 g/mol. The molecule has 0 saturated heterocycles. The second kappa shape index (κ2) is 12.5. The van der Waals surface area contributed by atoms with Crippen LogP contribution in [0.4, 0.5) is 5.69 Å². The monoisotopic (exact) mass is 369 g/mol. The average molecular weight is 370 g/mol. The van der Waals surface area contributed by atoms with Crippen LogP contribution >= 0.6 is 15.9 Å². The molecule has 0 heterocycles. The molecule has 1 aromatic rings. The minimum atomic E-state index is -0.124. The molecule has 124 valence electrons. The van der Waals surface area contributed by atoms with Crippen LogP contribution in [0.15, 0.2) is 24.3 Å². The Hall–Kier alpha value is -1.03. The van der Waals surface area contributed by atoms with Crippen LogP contribution in [0, 0.1) is 0 Å². The minimum absolute atomic E-state index is 0.124. The lowest BCUT2D eigenvalue weighted by atomic mass is 10.1. The lowest BCUT2D eigenvalue weighted by Gasteiger charge is -2.07. The number of nitrogens with two attached hydrogens (primary N) is 1. The van der Waals surface area contributed by atoms with Crippen molar-refractivity contribution in [1.29, 1.82) is 0 Å². The van der Waals surface area contributed by atoms with Crippen LogP contribution < -0.4 is 5.73 Å². The predicted molar refractivity (Wildman–Crippen MR) is 96.0 cm³/mol. The van der Waals surface area contributed by atoms with E-state index in [1.807, 2.05) is 24.3 Å². The molecule has 1 rings (SSSR count). The van der Waals surface area contributed by atoms with Gasteiger partial charge in [0.05, 0.1) is 0 Å². The first-order valence-corrected chi connectivity index (χ1v) is 9.41. The van der Waals surface area contributed by atoms with Crippen molar-refractivity contribution in [3.8, 4) is 0 Å². The van der Waals surface area contributed by atoms with Crippen LogP contribution in [0.2, 0.25) is 0 Å². The van der Waals surface area contributed by atoms with Crippen LogP contribution in [0.1, 0.15) is 63.4 Å². The Morgan fingerprint density at radius 3 is 2.18 bits per heavy atom. The average Bonchev–Trinajstić information content (AvgIpc) is 2.52. The Balaban J connectivity index is 1.97. The Morgan fingerprint density at radius 2 is 1.55 bits per heavy atom. The Bertz CT molecular complexity index is 423. The largest absolute Gasteiger partial charge is 0.461 e. The number of esters is 1. The number of carbonyl (C=O) groups is 1. The third-order valence-electron chi connectivity index (χ3n) is 3.71. The maximum Gasteiger partial charge on any atom is 0.306 e. The van der Waals surface area contributed by atoms with Crippen LogP contribution in [0.3, 0.4) is 0 Å². The summed E-state index contributed by atoms with van der Waals surface area (Å²) in [6, 6.07) is 7.48. The van der Waals surface area contributed by atoms with E-state index >= 15 is 0 Å². The fourth-order valence-corrected chi connectivity index (χ4v) is 2.72. The third-order valence-corrected chi connectivity index (χ3v) is 4.27. The Kier molecular flexibility index (Phi) is 10.8. The van der Waals surface area contributed by atoms with E-state index in [0.29, 0.717) is 12.1 Å². The molecule has 2 N–H and O–H groups in total. The van der Waals surface area contributed by atoms with Crippen LogP contribution in [0.5, 0.6) is 0 Å². The summed E-state index contributed by atoms with van der Waals surface area (Å²) >= 11 is 3.45. The Morgan fingerprint density at radius 1 is 0.955 bits per heavy atom. The van der Waals surface area contributed by atoms with Crippen molar-refractivity contribution >= 4 is 27.6 Å². The van der Waals surface area contributed by atoms with Gasteiger partial charge in [-0.2, -0.15) is 0 Å². The summed E-state index contributed by atoms with van der Waals surface area (Å²) in [5.41, 5.74) is 7.36. The van der Waals surface area contributed by atoms with Gasteiger partial charge < -0.3 is 10.5 Å². The minimum Gasteiger partial charge on any atom is -0.461 e. The van der Waals surface area contributed by atoms with Gasteiger partial charge in [0.25, 0.3) is 0 Å². The molecule has 0 saturated carbocycles. The van der Waals surface area contributed by atoms with Gasteiger partial charge in [-0.05, 0) is 18.9 Å². The van der Waals surface area contributed by atoms with Crippen LogP contribution in [-0.4, -0.2) is 11.3 Å².